The third-order valence-electron chi connectivity index (χ3n) is 8.00. The lowest BCUT2D eigenvalue weighted by molar-refractivity contribution is -0.134. The fraction of sp³-hybridized carbons (Fsp3) is 0.810. The predicted octanol–water partition coefficient (Wildman–Crippen LogP) is 1.07. The number of H-pyrrole nitrogens is 1. The van der Waals surface area contributed by atoms with Crippen LogP contribution in [0.4, 0.5) is 0 Å². The van der Waals surface area contributed by atoms with Gasteiger partial charge in [-0.25, -0.2) is 9.89 Å². The van der Waals surface area contributed by atoms with Gasteiger partial charge in [-0.2, -0.15) is 5.10 Å². The number of aryl methyl sites for hydroxylation is 1. The molecule has 0 aromatic carbocycles. The highest BCUT2D eigenvalue weighted by Gasteiger charge is 2.51. The number of aromatic amines is 1. The zero-order valence-corrected chi connectivity index (χ0v) is 17.0. The minimum Gasteiger partial charge on any atom is -0.355 e. The number of rotatable bonds is 4. The van der Waals surface area contributed by atoms with E-state index in [0.717, 1.165) is 51.0 Å². The van der Waals surface area contributed by atoms with Crippen LogP contribution >= 0.6 is 0 Å². The van der Waals surface area contributed by atoms with Crippen molar-refractivity contribution in [3.05, 3.63) is 16.3 Å². The maximum atomic E-state index is 12.9. The molecule has 0 spiro atoms. The summed E-state index contributed by atoms with van der Waals surface area (Å²) in [4.78, 5) is 39.7. The topological polar surface area (TPSA) is 100 Å². The second kappa shape index (κ2) is 7.29. The van der Waals surface area contributed by atoms with Crippen molar-refractivity contribution in [3.8, 4) is 0 Å². The second-order valence-corrected chi connectivity index (χ2v) is 9.66. The number of fused-ring (bicyclic) bond motifs is 2. The molecule has 2 N–H and O–H groups in total. The number of carbonyl (C=O) groups excluding carboxylic acids is 2. The molecule has 2 aliphatic carbocycles. The highest BCUT2D eigenvalue weighted by molar-refractivity contribution is 5.80. The van der Waals surface area contributed by atoms with Crippen molar-refractivity contribution in [2.24, 2.45) is 23.2 Å². The lowest BCUT2D eigenvalue weighted by atomic mass is 9.80. The molecule has 0 bridgehead atoms. The van der Waals surface area contributed by atoms with Gasteiger partial charge < -0.3 is 10.2 Å². The number of carbonyl (C=O) groups is 2. The molecule has 8 heteroatoms. The molecule has 0 radical (unpaired) electrons. The minimum absolute atomic E-state index is 0.0318. The Labute approximate surface area is 170 Å². The summed E-state index contributed by atoms with van der Waals surface area (Å²) < 4.78 is 1.59. The highest BCUT2D eigenvalue weighted by atomic mass is 16.2. The Kier molecular flexibility index (Phi) is 4.75. The molecule has 3 heterocycles. The van der Waals surface area contributed by atoms with Crippen molar-refractivity contribution >= 4 is 11.8 Å². The molecule has 158 valence electrons. The van der Waals surface area contributed by atoms with Crippen LogP contribution in [0.1, 0.15) is 57.2 Å². The van der Waals surface area contributed by atoms with E-state index >= 15 is 0 Å². The van der Waals surface area contributed by atoms with Gasteiger partial charge in [-0.15, -0.1) is 0 Å². The lowest BCUT2D eigenvalue weighted by Gasteiger charge is -2.31. The zero-order valence-electron chi connectivity index (χ0n) is 17.0. The molecule has 1 aromatic rings. The molecule has 2 saturated carbocycles. The Morgan fingerprint density at radius 2 is 1.93 bits per heavy atom. The lowest BCUT2D eigenvalue weighted by Crippen LogP contribution is -2.45. The first-order chi connectivity index (χ1) is 14.1. The van der Waals surface area contributed by atoms with E-state index in [4.69, 9.17) is 0 Å². The maximum Gasteiger partial charge on any atom is 0.343 e. The van der Waals surface area contributed by atoms with Gasteiger partial charge in [0.05, 0.1) is 5.92 Å². The van der Waals surface area contributed by atoms with Gasteiger partial charge in [0.15, 0.2) is 0 Å². The van der Waals surface area contributed by atoms with Crippen LogP contribution in [-0.2, 0) is 22.6 Å². The summed E-state index contributed by atoms with van der Waals surface area (Å²) in [6.07, 6.45) is 9.23. The summed E-state index contributed by atoms with van der Waals surface area (Å²) >= 11 is 0. The highest BCUT2D eigenvalue weighted by Crippen LogP contribution is 2.49. The fourth-order valence-corrected chi connectivity index (χ4v) is 6.27. The molecule has 1 unspecified atom stereocenters. The predicted molar refractivity (Wildman–Crippen MR) is 106 cm³/mol. The normalized spacial score (nSPS) is 31.7. The number of nitrogens with zero attached hydrogens (tertiary/aromatic N) is 3. The Morgan fingerprint density at radius 3 is 2.76 bits per heavy atom. The van der Waals surface area contributed by atoms with Gasteiger partial charge in [0.1, 0.15) is 5.82 Å². The number of hydrogen-bond donors (Lipinski definition) is 2. The van der Waals surface area contributed by atoms with E-state index in [-0.39, 0.29) is 28.8 Å². The van der Waals surface area contributed by atoms with Crippen molar-refractivity contribution in [1.29, 1.82) is 0 Å². The average molecular weight is 402 g/mol. The smallest absolute Gasteiger partial charge is 0.343 e. The summed E-state index contributed by atoms with van der Waals surface area (Å²) in [6, 6.07) is 0. The number of hydrogen-bond acceptors (Lipinski definition) is 4. The van der Waals surface area contributed by atoms with Crippen LogP contribution in [0.15, 0.2) is 4.79 Å². The summed E-state index contributed by atoms with van der Waals surface area (Å²) in [6.45, 7) is 2.71. The first kappa shape index (κ1) is 18.9. The average Bonchev–Trinajstić information content (AvgIpc) is 3.49. The number of nitrogens with one attached hydrogen (secondary N) is 2. The van der Waals surface area contributed by atoms with Gasteiger partial charge >= 0.3 is 5.69 Å². The van der Waals surface area contributed by atoms with Crippen molar-refractivity contribution in [1.82, 2.24) is 25.0 Å². The van der Waals surface area contributed by atoms with Crippen LogP contribution in [0.25, 0.3) is 0 Å². The quantitative estimate of drug-likeness (QED) is 0.788. The van der Waals surface area contributed by atoms with E-state index in [1.807, 2.05) is 0 Å². The van der Waals surface area contributed by atoms with E-state index in [0.29, 0.717) is 31.3 Å². The third kappa shape index (κ3) is 3.30. The van der Waals surface area contributed by atoms with Crippen LogP contribution < -0.4 is 11.0 Å². The van der Waals surface area contributed by atoms with E-state index < -0.39 is 0 Å². The molecule has 29 heavy (non-hydrogen) atoms. The molecule has 3 fully saturated rings. The van der Waals surface area contributed by atoms with Crippen molar-refractivity contribution in [3.63, 3.8) is 0 Å². The van der Waals surface area contributed by atoms with Crippen molar-refractivity contribution in [2.45, 2.75) is 64.3 Å². The van der Waals surface area contributed by atoms with Gasteiger partial charge in [-0.1, -0.05) is 19.3 Å². The zero-order chi connectivity index (χ0) is 20.0. The standard InChI is InChI=1S/C21H31N5O3/c27-18(15-7-8-17-23-24-20(29)26(17)10-15)22-12-21-9-3-6-16(21)11-25(13-21)19(28)14-4-1-2-5-14/h14-16H,1-13H2,(H,22,27)(H,24,29)/t15?,16-,21-/m0/s1. The molecule has 3 atom stereocenters. The molecule has 8 nitrogen and oxygen atoms in total. The van der Waals surface area contributed by atoms with Crippen LogP contribution in [-0.4, -0.2) is 51.1 Å². The van der Waals surface area contributed by atoms with E-state index in [1.54, 1.807) is 4.57 Å². The van der Waals surface area contributed by atoms with Crippen molar-refractivity contribution < 1.29 is 9.59 Å². The van der Waals surface area contributed by atoms with Gasteiger partial charge in [-0.3, -0.25) is 14.2 Å². The Morgan fingerprint density at radius 1 is 1.10 bits per heavy atom. The molecule has 4 aliphatic rings. The Hall–Kier alpha value is -2.12. The Balaban J connectivity index is 1.21. The van der Waals surface area contributed by atoms with Crippen molar-refractivity contribution in [2.75, 3.05) is 19.6 Å². The summed E-state index contributed by atoms with van der Waals surface area (Å²) in [5, 5.41) is 9.69. The first-order valence-electron chi connectivity index (χ1n) is 11.3. The van der Waals surface area contributed by atoms with E-state index in [1.165, 1.54) is 19.3 Å². The number of amides is 2. The van der Waals surface area contributed by atoms with Gasteiger partial charge in [0, 0.05) is 43.9 Å². The third-order valence-corrected chi connectivity index (χ3v) is 8.00. The van der Waals surface area contributed by atoms with E-state index in [9.17, 15) is 14.4 Å². The first-order valence-corrected chi connectivity index (χ1v) is 11.3. The van der Waals surface area contributed by atoms with Gasteiger partial charge in [-0.05, 0) is 38.0 Å². The molecule has 1 saturated heterocycles. The molecular formula is C21H31N5O3. The van der Waals surface area contributed by atoms with E-state index in [2.05, 4.69) is 20.4 Å². The molecular weight excluding hydrogens is 370 g/mol. The summed E-state index contributed by atoms with van der Waals surface area (Å²) in [7, 11) is 0. The largest absolute Gasteiger partial charge is 0.355 e. The number of aromatic nitrogens is 3. The summed E-state index contributed by atoms with van der Waals surface area (Å²) in [5.74, 6) is 1.66. The SMILES string of the molecule is O=C(NC[C@]12CCC[C@H]1CN(C(=O)C1CCCC1)C2)C1CCc2n[nH]c(=O)n2C1. The molecule has 1 aromatic heterocycles. The van der Waals surface area contributed by atoms with Crippen LogP contribution in [0.3, 0.4) is 0 Å². The monoisotopic (exact) mass is 401 g/mol. The van der Waals surface area contributed by atoms with Crippen LogP contribution in [0.2, 0.25) is 0 Å². The van der Waals surface area contributed by atoms with Crippen LogP contribution in [0, 0.1) is 23.2 Å². The maximum absolute atomic E-state index is 12.9. The van der Waals surface area contributed by atoms with Gasteiger partial charge in [0.25, 0.3) is 0 Å². The van der Waals surface area contributed by atoms with Gasteiger partial charge in [0.2, 0.25) is 11.8 Å². The fourth-order valence-electron chi connectivity index (χ4n) is 6.27. The number of likely N-dealkylation sites (tertiary alicyclic amines) is 1. The minimum atomic E-state index is -0.233. The van der Waals surface area contributed by atoms with Crippen LogP contribution in [0.5, 0.6) is 0 Å². The second-order valence-electron chi connectivity index (χ2n) is 9.66. The molecule has 2 aliphatic heterocycles. The molecule has 5 rings (SSSR count). The Bertz CT molecular complexity index is 855. The summed E-state index contributed by atoms with van der Waals surface area (Å²) in [5.41, 5.74) is -0.195. The molecule has 2 amide bonds.